The van der Waals surface area contributed by atoms with E-state index in [2.05, 4.69) is 5.32 Å². The fourth-order valence-electron chi connectivity index (χ4n) is 2.59. The molecule has 2 saturated heterocycles. The van der Waals surface area contributed by atoms with Crippen LogP contribution in [0.3, 0.4) is 0 Å². The van der Waals surface area contributed by atoms with E-state index in [0.717, 1.165) is 0 Å². The third kappa shape index (κ3) is 6.79. The number of carboxylic acids is 1. The molecule has 0 aliphatic carbocycles. The molecular formula is C15H22F4N4O5S. The molecule has 0 spiro atoms. The molecule has 9 nitrogen and oxygen atoms in total. The Hall–Kier alpha value is -1.98. The Kier molecular flexibility index (Phi) is 8.36. The van der Waals surface area contributed by atoms with Gasteiger partial charge in [0, 0.05) is 25.6 Å². The summed E-state index contributed by atoms with van der Waals surface area (Å²) in [5, 5.41) is 18.5. The van der Waals surface area contributed by atoms with Gasteiger partial charge in [0.25, 0.3) is 0 Å². The van der Waals surface area contributed by atoms with Gasteiger partial charge in [0.2, 0.25) is 15.9 Å². The van der Waals surface area contributed by atoms with Crippen LogP contribution in [0.4, 0.5) is 17.6 Å². The number of carbonyl (C=O) groups is 2. The molecule has 2 fully saturated rings. The lowest BCUT2D eigenvalue weighted by atomic mass is 10.2. The Bertz CT molecular complexity index is 747. The fourth-order valence-corrected chi connectivity index (χ4v) is 3.96. The van der Waals surface area contributed by atoms with Crippen LogP contribution in [0.15, 0.2) is 0 Å². The van der Waals surface area contributed by atoms with Crippen molar-refractivity contribution in [1.29, 1.82) is 5.26 Å². The first-order valence-corrected chi connectivity index (χ1v) is 10.1. The monoisotopic (exact) mass is 446 g/mol. The number of hydrogen-bond donors (Lipinski definition) is 2. The SMILES string of the molecule is CC(C)S(=O)(=O)N1CC(NCC(=O)N2C[C@@H](F)C[C@H]2C#N)C1.O=C(O)C(F)(F)F. The van der Waals surface area contributed by atoms with Gasteiger partial charge in [-0.1, -0.05) is 0 Å². The fraction of sp³-hybridized carbons (Fsp3) is 0.800. The normalized spacial score (nSPS) is 23.2. The van der Waals surface area contributed by atoms with Crippen LogP contribution in [0.1, 0.15) is 20.3 Å². The second-order valence-electron chi connectivity index (χ2n) is 6.82. The molecule has 0 unspecified atom stereocenters. The average molecular weight is 446 g/mol. The molecule has 0 aromatic carbocycles. The van der Waals surface area contributed by atoms with Gasteiger partial charge >= 0.3 is 12.1 Å². The highest BCUT2D eigenvalue weighted by Gasteiger charge is 2.39. The van der Waals surface area contributed by atoms with E-state index in [1.165, 1.54) is 9.21 Å². The Morgan fingerprint density at radius 2 is 1.79 bits per heavy atom. The number of hydrogen-bond acceptors (Lipinski definition) is 6. The predicted octanol–water partition coefficient (Wildman–Crippen LogP) is 0.0943. The summed E-state index contributed by atoms with van der Waals surface area (Å²) in [6.45, 7) is 3.87. The van der Waals surface area contributed by atoms with Crippen LogP contribution < -0.4 is 5.32 Å². The average Bonchev–Trinajstić information content (AvgIpc) is 2.93. The summed E-state index contributed by atoms with van der Waals surface area (Å²) in [5.41, 5.74) is 0. The van der Waals surface area contributed by atoms with Gasteiger partial charge in [0.05, 0.1) is 24.4 Å². The highest BCUT2D eigenvalue weighted by Crippen LogP contribution is 2.20. The summed E-state index contributed by atoms with van der Waals surface area (Å²) in [7, 11) is -3.24. The number of alkyl halides is 4. The highest BCUT2D eigenvalue weighted by atomic mass is 32.2. The molecule has 2 aliphatic heterocycles. The molecule has 0 aromatic rings. The van der Waals surface area contributed by atoms with Crippen LogP contribution in [0, 0.1) is 11.3 Å². The maximum Gasteiger partial charge on any atom is 0.490 e. The van der Waals surface area contributed by atoms with Crippen molar-refractivity contribution < 1.29 is 40.7 Å². The summed E-state index contributed by atoms with van der Waals surface area (Å²) >= 11 is 0. The minimum atomic E-state index is -5.08. The first kappa shape index (κ1) is 25.1. The predicted molar refractivity (Wildman–Crippen MR) is 91.7 cm³/mol. The van der Waals surface area contributed by atoms with Crippen LogP contribution >= 0.6 is 0 Å². The lowest BCUT2D eigenvalue weighted by Crippen LogP contribution is -2.62. The number of sulfonamides is 1. The third-order valence-electron chi connectivity index (χ3n) is 4.31. The molecule has 14 heteroatoms. The summed E-state index contributed by atoms with van der Waals surface area (Å²) < 4.78 is 70.1. The zero-order valence-corrected chi connectivity index (χ0v) is 16.5. The number of nitrogens with one attached hydrogen (secondary N) is 1. The first-order chi connectivity index (χ1) is 13.2. The molecule has 29 heavy (non-hydrogen) atoms. The van der Waals surface area contributed by atoms with Crippen molar-refractivity contribution >= 4 is 21.9 Å². The molecule has 0 aromatic heterocycles. The zero-order valence-electron chi connectivity index (χ0n) is 15.7. The van der Waals surface area contributed by atoms with Gasteiger partial charge in [0.15, 0.2) is 0 Å². The number of carbonyl (C=O) groups excluding carboxylic acids is 1. The topological polar surface area (TPSA) is 131 Å². The molecular weight excluding hydrogens is 424 g/mol. The summed E-state index contributed by atoms with van der Waals surface area (Å²) in [6, 6.07) is 1.14. The van der Waals surface area contributed by atoms with E-state index in [4.69, 9.17) is 15.2 Å². The maximum atomic E-state index is 13.3. The molecule has 2 rings (SSSR count). The number of aliphatic carboxylic acids is 1. The van der Waals surface area contributed by atoms with Crippen molar-refractivity contribution in [2.24, 2.45) is 0 Å². The molecule has 2 heterocycles. The van der Waals surface area contributed by atoms with Crippen LogP contribution in [-0.2, 0) is 19.6 Å². The maximum absolute atomic E-state index is 13.3. The first-order valence-electron chi connectivity index (χ1n) is 8.55. The van der Waals surface area contributed by atoms with Crippen LogP contribution in [0.2, 0.25) is 0 Å². The van der Waals surface area contributed by atoms with E-state index in [1.807, 2.05) is 6.07 Å². The van der Waals surface area contributed by atoms with Crippen molar-refractivity contribution in [3.8, 4) is 6.07 Å². The molecule has 2 atom stereocenters. The largest absolute Gasteiger partial charge is 0.490 e. The van der Waals surface area contributed by atoms with Crippen molar-refractivity contribution in [1.82, 2.24) is 14.5 Å². The van der Waals surface area contributed by atoms with Crippen LogP contribution in [0.5, 0.6) is 0 Å². The molecule has 0 radical (unpaired) electrons. The van der Waals surface area contributed by atoms with E-state index < -0.39 is 39.6 Å². The van der Waals surface area contributed by atoms with Gasteiger partial charge in [0.1, 0.15) is 12.2 Å². The summed E-state index contributed by atoms with van der Waals surface area (Å²) in [5.74, 6) is -3.08. The molecule has 2 aliphatic rings. The molecule has 2 N–H and O–H groups in total. The van der Waals surface area contributed by atoms with Crippen LogP contribution in [0.25, 0.3) is 0 Å². The lowest BCUT2D eigenvalue weighted by molar-refractivity contribution is -0.192. The minimum absolute atomic E-state index is 0.00880. The van der Waals surface area contributed by atoms with Crippen molar-refractivity contribution in [2.75, 3.05) is 26.2 Å². The van der Waals surface area contributed by atoms with E-state index in [0.29, 0.717) is 13.1 Å². The zero-order chi connectivity index (χ0) is 22.6. The molecule has 1 amide bonds. The Morgan fingerprint density at radius 1 is 1.28 bits per heavy atom. The number of rotatable bonds is 5. The van der Waals surface area contributed by atoms with Gasteiger partial charge in [-0.05, 0) is 13.8 Å². The van der Waals surface area contributed by atoms with E-state index in [9.17, 15) is 30.8 Å². The quantitative estimate of drug-likeness (QED) is 0.573. The van der Waals surface area contributed by atoms with Gasteiger partial charge in [-0.15, -0.1) is 0 Å². The Labute approximate surface area is 165 Å². The lowest BCUT2D eigenvalue weighted by Gasteiger charge is -2.39. The number of amides is 1. The van der Waals surface area contributed by atoms with Crippen molar-refractivity contribution in [2.45, 2.75) is 49.9 Å². The van der Waals surface area contributed by atoms with Gasteiger partial charge in [-0.2, -0.15) is 22.7 Å². The Morgan fingerprint density at radius 3 is 2.21 bits per heavy atom. The third-order valence-corrected chi connectivity index (χ3v) is 6.52. The number of likely N-dealkylation sites (tertiary alicyclic amines) is 1. The number of halogens is 4. The summed E-state index contributed by atoms with van der Waals surface area (Å²) in [6.07, 6.45) is -6.17. The van der Waals surface area contributed by atoms with E-state index in [1.54, 1.807) is 13.8 Å². The molecule has 166 valence electrons. The van der Waals surface area contributed by atoms with Gasteiger partial charge in [-0.3, -0.25) is 4.79 Å². The van der Waals surface area contributed by atoms with E-state index in [-0.39, 0.29) is 31.5 Å². The number of nitriles is 1. The number of nitrogens with zero attached hydrogens (tertiary/aromatic N) is 3. The molecule has 0 bridgehead atoms. The standard InChI is InChI=1S/C13H21FN4O3S.C2HF3O2/c1-9(2)22(20,21)17-7-11(8-17)16-5-13(19)18-6-10(14)3-12(18)4-15;3-2(4,5)1(6)7/h9-12,16H,3,5-8H2,1-2H3;(H,6,7)/t10-,12-;/m0./s1. The van der Waals surface area contributed by atoms with Gasteiger partial charge in [-0.25, -0.2) is 17.6 Å². The van der Waals surface area contributed by atoms with Crippen molar-refractivity contribution in [3.63, 3.8) is 0 Å². The minimum Gasteiger partial charge on any atom is -0.475 e. The molecule has 0 saturated carbocycles. The van der Waals surface area contributed by atoms with Crippen LogP contribution in [-0.4, -0.2) is 90.5 Å². The van der Waals surface area contributed by atoms with Gasteiger partial charge < -0.3 is 15.3 Å². The smallest absolute Gasteiger partial charge is 0.475 e. The highest BCUT2D eigenvalue weighted by molar-refractivity contribution is 7.89. The second kappa shape index (κ2) is 9.68. The van der Waals surface area contributed by atoms with Crippen molar-refractivity contribution in [3.05, 3.63) is 0 Å². The Balaban J connectivity index is 0.000000516. The second-order valence-corrected chi connectivity index (χ2v) is 9.30. The number of carboxylic acid groups (broad SMARTS) is 1. The van der Waals surface area contributed by atoms with E-state index >= 15 is 0 Å². The summed E-state index contributed by atoms with van der Waals surface area (Å²) in [4.78, 5) is 22.1.